The van der Waals surface area contributed by atoms with Gasteiger partial charge in [0.1, 0.15) is 11.6 Å². The van der Waals surface area contributed by atoms with Crippen LogP contribution in [-0.4, -0.2) is 37.6 Å². The lowest BCUT2D eigenvalue weighted by molar-refractivity contribution is -0.134. The van der Waals surface area contributed by atoms with Gasteiger partial charge in [-0.2, -0.15) is 5.10 Å². The molecule has 1 aromatic carbocycles. The van der Waals surface area contributed by atoms with E-state index in [0.29, 0.717) is 13.1 Å². The predicted molar refractivity (Wildman–Crippen MR) is 96.9 cm³/mol. The van der Waals surface area contributed by atoms with E-state index in [1.807, 2.05) is 58.2 Å². The zero-order valence-electron chi connectivity index (χ0n) is 15.1. The second-order valence-electron chi connectivity index (χ2n) is 6.47. The van der Waals surface area contributed by atoms with Crippen LogP contribution in [0.1, 0.15) is 24.1 Å². The molecule has 0 aliphatic rings. The Labute approximate surface area is 147 Å². The normalized spacial score (nSPS) is 12.3. The summed E-state index contributed by atoms with van der Waals surface area (Å²) in [6, 6.07) is 9.98. The molecule has 3 rings (SSSR count). The van der Waals surface area contributed by atoms with E-state index in [-0.39, 0.29) is 11.8 Å². The topological polar surface area (TPSA) is 63.9 Å². The summed E-state index contributed by atoms with van der Waals surface area (Å²) < 4.78 is 1.80. The van der Waals surface area contributed by atoms with Crippen molar-refractivity contribution < 1.29 is 4.79 Å². The third-order valence-electron chi connectivity index (χ3n) is 4.35. The van der Waals surface area contributed by atoms with Crippen LogP contribution in [0.15, 0.2) is 36.5 Å². The predicted octanol–water partition coefficient (Wildman–Crippen LogP) is 2.74. The summed E-state index contributed by atoms with van der Waals surface area (Å²) in [5.74, 6) is 1.49. The van der Waals surface area contributed by atoms with Crippen LogP contribution < -0.4 is 0 Å². The number of benzene rings is 1. The average molecular weight is 337 g/mol. The van der Waals surface area contributed by atoms with Crippen LogP contribution in [0.3, 0.4) is 0 Å². The van der Waals surface area contributed by atoms with E-state index in [0.717, 1.165) is 28.1 Å². The number of hydrogen-bond acceptors (Lipinski definition) is 4. The highest BCUT2D eigenvalue weighted by atomic mass is 16.2. The van der Waals surface area contributed by atoms with Gasteiger partial charge >= 0.3 is 0 Å². The summed E-state index contributed by atoms with van der Waals surface area (Å²) >= 11 is 0. The molecule has 0 aliphatic heterocycles. The zero-order chi connectivity index (χ0) is 18.0. The molecular formula is C19H23N5O. The van der Waals surface area contributed by atoms with Crippen LogP contribution in [0.5, 0.6) is 0 Å². The maximum Gasteiger partial charge on any atom is 0.227 e. The smallest absolute Gasteiger partial charge is 0.227 e. The molecule has 0 saturated heterocycles. The largest absolute Gasteiger partial charge is 0.341 e. The summed E-state index contributed by atoms with van der Waals surface area (Å²) in [7, 11) is 1.84. The van der Waals surface area contributed by atoms with Gasteiger partial charge in [0, 0.05) is 25.2 Å². The fraction of sp³-hybridized carbons (Fsp3) is 0.368. The maximum atomic E-state index is 12.8. The first-order chi connectivity index (χ1) is 12.0. The number of nitrogens with zero attached hydrogens (tertiary/aromatic N) is 5. The molecule has 0 aliphatic carbocycles. The number of fused-ring (bicyclic) bond motifs is 1. The third kappa shape index (κ3) is 3.68. The molecule has 0 fully saturated rings. The number of rotatable bonds is 5. The second kappa shape index (κ2) is 7.01. The standard InChI is InChI=1S/C19H23N5O/c1-13(11-24-15(3)21-14(2)22-24)19(25)23(4)12-16-7-5-9-18-17(16)8-6-10-20-18/h5-10,13H,11-12H2,1-4H3. The Morgan fingerprint density at radius 1 is 1.24 bits per heavy atom. The molecule has 25 heavy (non-hydrogen) atoms. The van der Waals surface area contributed by atoms with E-state index >= 15 is 0 Å². The molecular weight excluding hydrogens is 314 g/mol. The van der Waals surface area contributed by atoms with E-state index in [4.69, 9.17) is 0 Å². The number of amides is 1. The SMILES string of the molecule is Cc1nc(C)n(CC(C)C(=O)N(C)Cc2cccc3ncccc23)n1. The van der Waals surface area contributed by atoms with Gasteiger partial charge in [0.05, 0.1) is 18.0 Å². The van der Waals surface area contributed by atoms with Gasteiger partial charge in [-0.1, -0.05) is 25.1 Å². The summed E-state index contributed by atoms with van der Waals surface area (Å²) in [5.41, 5.74) is 2.05. The fourth-order valence-corrected chi connectivity index (χ4v) is 3.09. The Balaban J connectivity index is 1.72. The molecule has 6 heteroatoms. The Morgan fingerprint density at radius 2 is 2.04 bits per heavy atom. The van der Waals surface area contributed by atoms with Crippen LogP contribution in [0, 0.1) is 19.8 Å². The van der Waals surface area contributed by atoms with Crippen molar-refractivity contribution in [2.45, 2.75) is 33.9 Å². The minimum Gasteiger partial charge on any atom is -0.341 e. The quantitative estimate of drug-likeness (QED) is 0.718. The monoisotopic (exact) mass is 337 g/mol. The maximum absolute atomic E-state index is 12.8. The van der Waals surface area contributed by atoms with Gasteiger partial charge in [0.15, 0.2) is 0 Å². The molecule has 0 N–H and O–H groups in total. The van der Waals surface area contributed by atoms with Gasteiger partial charge in [-0.3, -0.25) is 9.78 Å². The minimum atomic E-state index is -0.169. The van der Waals surface area contributed by atoms with Gasteiger partial charge in [0.25, 0.3) is 0 Å². The minimum absolute atomic E-state index is 0.0912. The Hall–Kier alpha value is -2.76. The van der Waals surface area contributed by atoms with Gasteiger partial charge in [-0.25, -0.2) is 9.67 Å². The molecule has 0 radical (unpaired) electrons. The molecule has 3 aromatic rings. The summed E-state index contributed by atoms with van der Waals surface area (Å²) in [6.07, 6.45) is 1.78. The van der Waals surface area contributed by atoms with Crippen molar-refractivity contribution in [1.29, 1.82) is 0 Å². The van der Waals surface area contributed by atoms with E-state index < -0.39 is 0 Å². The number of pyridine rings is 1. The van der Waals surface area contributed by atoms with E-state index in [2.05, 4.69) is 15.1 Å². The second-order valence-corrected chi connectivity index (χ2v) is 6.47. The molecule has 130 valence electrons. The first kappa shape index (κ1) is 17.1. The summed E-state index contributed by atoms with van der Waals surface area (Å²) in [5, 5.41) is 5.43. The van der Waals surface area contributed by atoms with Gasteiger partial charge in [0.2, 0.25) is 5.91 Å². The lowest BCUT2D eigenvalue weighted by atomic mass is 10.1. The average Bonchev–Trinajstić information content (AvgIpc) is 2.91. The van der Waals surface area contributed by atoms with Gasteiger partial charge in [-0.05, 0) is 31.5 Å². The number of aryl methyl sites for hydroxylation is 2. The van der Waals surface area contributed by atoms with E-state index in [9.17, 15) is 4.79 Å². The first-order valence-corrected chi connectivity index (χ1v) is 8.41. The van der Waals surface area contributed by atoms with Crippen LogP contribution in [0.25, 0.3) is 10.9 Å². The summed E-state index contributed by atoms with van der Waals surface area (Å²) in [4.78, 5) is 23.2. The Morgan fingerprint density at radius 3 is 2.76 bits per heavy atom. The number of carbonyl (C=O) groups is 1. The molecule has 6 nitrogen and oxygen atoms in total. The fourth-order valence-electron chi connectivity index (χ4n) is 3.09. The zero-order valence-corrected chi connectivity index (χ0v) is 15.1. The third-order valence-corrected chi connectivity index (χ3v) is 4.35. The first-order valence-electron chi connectivity index (χ1n) is 8.41. The molecule has 2 aromatic heterocycles. The van der Waals surface area contributed by atoms with Crippen molar-refractivity contribution in [3.05, 3.63) is 53.7 Å². The van der Waals surface area contributed by atoms with Crippen molar-refractivity contribution in [2.24, 2.45) is 5.92 Å². The highest BCUT2D eigenvalue weighted by Gasteiger charge is 2.20. The molecule has 0 spiro atoms. The highest BCUT2D eigenvalue weighted by Crippen LogP contribution is 2.18. The van der Waals surface area contributed by atoms with Crippen LogP contribution in [0.4, 0.5) is 0 Å². The Bertz CT molecular complexity index is 896. The number of carbonyl (C=O) groups excluding carboxylic acids is 1. The highest BCUT2D eigenvalue weighted by molar-refractivity contribution is 5.83. The van der Waals surface area contributed by atoms with Crippen LogP contribution in [-0.2, 0) is 17.9 Å². The van der Waals surface area contributed by atoms with E-state index in [1.165, 1.54) is 0 Å². The molecule has 0 bridgehead atoms. The van der Waals surface area contributed by atoms with Crippen molar-refractivity contribution in [3.8, 4) is 0 Å². The summed E-state index contributed by atoms with van der Waals surface area (Å²) in [6.45, 7) is 6.79. The molecule has 1 atom stereocenters. The molecule has 0 saturated carbocycles. The van der Waals surface area contributed by atoms with Gasteiger partial charge in [-0.15, -0.1) is 0 Å². The van der Waals surface area contributed by atoms with Gasteiger partial charge < -0.3 is 4.90 Å². The lowest BCUT2D eigenvalue weighted by Gasteiger charge is -2.22. The Kier molecular flexibility index (Phi) is 4.79. The number of hydrogen-bond donors (Lipinski definition) is 0. The molecule has 1 amide bonds. The van der Waals surface area contributed by atoms with E-state index in [1.54, 1.807) is 15.8 Å². The van der Waals surface area contributed by atoms with Crippen molar-refractivity contribution in [3.63, 3.8) is 0 Å². The lowest BCUT2D eigenvalue weighted by Crippen LogP contribution is -2.33. The van der Waals surface area contributed by atoms with Crippen LogP contribution >= 0.6 is 0 Å². The van der Waals surface area contributed by atoms with Crippen LogP contribution in [0.2, 0.25) is 0 Å². The van der Waals surface area contributed by atoms with Crippen molar-refractivity contribution >= 4 is 16.8 Å². The number of aromatic nitrogens is 4. The molecule has 1 unspecified atom stereocenters. The molecule has 2 heterocycles. The van der Waals surface area contributed by atoms with Crippen molar-refractivity contribution in [1.82, 2.24) is 24.6 Å². The van der Waals surface area contributed by atoms with Crippen molar-refractivity contribution in [2.75, 3.05) is 7.05 Å².